The van der Waals surface area contributed by atoms with Gasteiger partial charge in [0.05, 0.1) is 5.69 Å². The van der Waals surface area contributed by atoms with Crippen molar-refractivity contribution in [3.8, 4) is 0 Å². The van der Waals surface area contributed by atoms with Crippen molar-refractivity contribution < 1.29 is 9.18 Å². The van der Waals surface area contributed by atoms with Gasteiger partial charge in [0.2, 0.25) is 0 Å². The van der Waals surface area contributed by atoms with E-state index in [1.165, 1.54) is 12.1 Å². The SMILES string of the molecule is Cc1cc(C)cc(NC(=O)c2cc(Nc3ccccc3F)nc(C)n2)c1. The van der Waals surface area contributed by atoms with Crippen LogP contribution in [0.15, 0.2) is 48.5 Å². The molecule has 6 heteroatoms. The molecule has 0 atom stereocenters. The Bertz CT molecular complexity index is 952. The zero-order chi connectivity index (χ0) is 18.7. The Hall–Kier alpha value is -3.28. The van der Waals surface area contributed by atoms with E-state index in [2.05, 4.69) is 20.6 Å². The molecule has 0 saturated carbocycles. The quantitative estimate of drug-likeness (QED) is 0.725. The van der Waals surface area contributed by atoms with Crippen molar-refractivity contribution in [2.75, 3.05) is 10.6 Å². The van der Waals surface area contributed by atoms with Crippen molar-refractivity contribution in [3.63, 3.8) is 0 Å². The number of aryl methyl sites for hydroxylation is 3. The van der Waals surface area contributed by atoms with Crippen LogP contribution in [-0.2, 0) is 0 Å². The van der Waals surface area contributed by atoms with E-state index in [1.807, 2.05) is 32.0 Å². The van der Waals surface area contributed by atoms with Gasteiger partial charge in [-0.2, -0.15) is 0 Å². The highest BCUT2D eigenvalue weighted by molar-refractivity contribution is 6.03. The third-order valence-electron chi connectivity index (χ3n) is 3.69. The maximum Gasteiger partial charge on any atom is 0.274 e. The van der Waals surface area contributed by atoms with Crippen LogP contribution in [0.1, 0.15) is 27.4 Å². The Labute approximate surface area is 151 Å². The zero-order valence-corrected chi connectivity index (χ0v) is 14.8. The van der Waals surface area contributed by atoms with Crippen LogP contribution in [-0.4, -0.2) is 15.9 Å². The first-order valence-corrected chi connectivity index (χ1v) is 8.17. The minimum Gasteiger partial charge on any atom is -0.338 e. The highest BCUT2D eigenvalue weighted by atomic mass is 19.1. The molecule has 0 saturated heterocycles. The number of nitrogens with one attached hydrogen (secondary N) is 2. The smallest absolute Gasteiger partial charge is 0.274 e. The third kappa shape index (κ3) is 4.22. The number of rotatable bonds is 4. The van der Waals surface area contributed by atoms with Crippen molar-refractivity contribution in [1.82, 2.24) is 9.97 Å². The highest BCUT2D eigenvalue weighted by Gasteiger charge is 2.12. The summed E-state index contributed by atoms with van der Waals surface area (Å²) in [5.41, 5.74) is 3.30. The van der Waals surface area contributed by atoms with Crippen LogP contribution in [0.3, 0.4) is 0 Å². The number of anilines is 3. The first kappa shape index (κ1) is 17.5. The molecule has 0 fully saturated rings. The van der Waals surface area contributed by atoms with Crippen molar-refractivity contribution in [1.29, 1.82) is 0 Å². The lowest BCUT2D eigenvalue weighted by atomic mass is 10.1. The van der Waals surface area contributed by atoms with Gasteiger partial charge < -0.3 is 10.6 Å². The monoisotopic (exact) mass is 350 g/mol. The van der Waals surface area contributed by atoms with Gasteiger partial charge in [-0.05, 0) is 56.2 Å². The third-order valence-corrected chi connectivity index (χ3v) is 3.69. The topological polar surface area (TPSA) is 66.9 Å². The number of benzene rings is 2. The lowest BCUT2D eigenvalue weighted by Crippen LogP contribution is -2.15. The van der Waals surface area contributed by atoms with E-state index in [-0.39, 0.29) is 17.3 Å². The van der Waals surface area contributed by atoms with Gasteiger partial charge in [0.25, 0.3) is 5.91 Å². The summed E-state index contributed by atoms with van der Waals surface area (Å²) < 4.78 is 13.8. The van der Waals surface area contributed by atoms with Gasteiger partial charge in [0, 0.05) is 11.8 Å². The summed E-state index contributed by atoms with van der Waals surface area (Å²) in [6, 6.07) is 13.6. The fourth-order valence-corrected chi connectivity index (χ4v) is 2.69. The number of carbonyl (C=O) groups is 1. The summed E-state index contributed by atoms with van der Waals surface area (Å²) in [5, 5.41) is 5.72. The summed E-state index contributed by atoms with van der Waals surface area (Å²) in [4.78, 5) is 21.0. The Balaban J connectivity index is 1.84. The molecule has 132 valence electrons. The van der Waals surface area contributed by atoms with Gasteiger partial charge in [-0.1, -0.05) is 18.2 Å². The molecule has 3 aromatic rings. The van der Waals surface area contributed by atoms with E-state index < -0.39 is 5.82 Å². The van der Waals surface area contributed by atoms with Crippen molar-refractivity contribution in [2.45, 2.75) is 20.8 Å². The van der Waals surface area contributed by atoms with Gasteiger partial charge in [-0.15, -0.1) is 0 Å². The summed E-state index contributed by atoms with van der Waals surface area (Å²) in [6.07, 6.45) is 0. The molecule has 5 nitrogen and oxygen atoms in total. The van der Waals surface area contributed by atoms with Crippen LogP contribution < -0.4 is 10.6 Å². The number of halogens is 1. The molecule has 26 heavy (non-hydrogen) atoms. The van der Waals surface area contributed by atoms with Gasteiger partial charge in [-0.3, -0.25) is 4.79 Å². The molecule has 0 spiro atoms. The molecule has 0 aliphatic heterocycles. The molecule has 0 unspecified atom stereocenters. The van der Waals surface area contributed by atoms with E-state index in [4.69, 9.17) is 0 Å². The van der Waals surface area contributed by atoms with Crippen LogP contribution in [0, 0.1) is 26.6 Å². The molecule has 0 bridgehead atoms. The van der Waals surface area contributed by atoms with E-state index in [1.54, 1.807) is 25.1 Å². The molecular formula is C20H19FN4O. The predicted molar refractivity (Wildman–Crippen MR) is 100 cm³/mol. The molecule has 1 heterocycles. The van der Waals surface area contributed by atoms with Crippen molar-refractivity contribution in [2.24, 2.45) is 0 Å². The minimum atomic E-state index is -0.398. The number of carbonyl (C=O) groups excluding carboxylic acids is 1. The summed E-state index contributed by atoms with van der Waals surface area (Å²) in [7, 11) is 0. The van der Waals surface area contributed by atoms with E-state index in [0.29, 0.717) is 17.3 Å². The number of amides is 1. The van der Waals surface area contributed by atoms with Gasteiger partial charge in [-0.25, -0.2) is 14.4 Å². The number of para-hydroxylation sites is 1. The molecule has 0 radical (unpaired) electrons. The fourth-order valence-electron chi connectivity index (χ4n) is 2.69. The van der Waals surface area contributed by atoms with Crippen LogP contribution in [0.25, 0.3) is 0 Å². The Kier molecular flexibility index (Phi) is 4.93. The van der Waals surface area contributed by atoms with E-state index >= 15 is 0 Å². The van der Waals surface area contributed by atoms with Crippen molar-refractivity contribution >= 4 is 23.1 Å². The molecule has 3 rings (SSSR count). The highest BCUT2D eigenvalue weighted by Crippen LogP contribution is 2.19. The van der Waals surface area contributed by atoms with E-state index in [0.717, 1.165) is 11.1 Å². The number of hydrogen-bond acceptors (Lipinski definition) is 4. The summed E-state index contributed by atoms with van der Waals surface area (Å²) in [5.74, 6) is 0.0205. The minimum absolute atomic E-state index is 0.204. The molecule has 0 aliphatic rings. The largest absolute Gasteiger partial charge is 0.338 e. The predicted octanol–water partition coefficient (Wildman–Crippen LogP) is 4.54. The maximum absolute atomic E-state index is 13.8. The second-order valence-electron chi connectivity index (χ2n) is 6.12. The lowest BCUT2D eigenvalue weighted by Gasteiger charge is -2.10. The first-order valence-electron chi connectivity index (χ1n) is 8.17. The van der Waals surface area contributed by atoms with Crippen molar-refractivity contribution in [3.05, 3.63) is 77.0 Å². The molecule has 2 aromatic carbocycles. The number of hydrogen-bond donors (Lipinski definition) is 2. The van der Waals surface area contributed by atoms with Crippen LogP contribution in [0.5, 0.6) is 0 Å². The molecule has 2 N–H and O–H groups in total. The maximum atomic E-state index is 13.8. The fraction of sp³-hybridized carbons (Fsp3) is 0.150. The lowest BCUT2D eigenvalue weighted by molar-refractivity contribution is 0.102. The second-order valence-corrected chi connectivity index (χ2v) is 6.12. The molecule has 0 aliphatic carbocycles. The second kappa shape index (κ2) is 7.31. The molecular weight excluding hydrogens is 331 g/mol. The van der Waals surface area contributed by atoms with Gasteiger partial charge in [0.1, 0.15) is 23.2 Å². The number of nitrogens with zero attached hydrogens (tertiary/aromatic N) is 2. The van der Waals surface area contributed by atoms with Crippen LogP contribution in [0.4, 0.5) is 21.6 Å². The zero-order valence-electron chi connectivity index (χ0n) is 14.8. The first-order chi connectivity index (χ1) is 12.4. The standard InChI is InChI=1S/C20H19FN4O/c1-12-8-13(2)10-15(9-12)24-20(26)18-11-19(23-14(3)22-18)25-17-7-5-4-6-16(17)21/h4-11H,1-3H3,(H,24,26)(H,22,23,25). The van der Waals surface area contributed by atoms with Crippen LogP contribution in [0.2, 0.25) is 0 Å². The average molecular weight is 350 g/mol. The Morgan fingerprint density at radius 3 is 2.35 bits per heavy atom. The number of aromatic nitrogens is 2. The average Bonchev–Trinajstić information content (AvgIpc) is 2.55. The van der Waals surface area contributed by atoms with E-state index in [9.17, 15) is 9.18 Å². The Morgan fingerprint density at radius 1 is 0.962 bits per heavy atom. The Morgan fingerprint density at radius 2 is 1.65 bits per heavy atom. The summed E-state index contributed by atoms with van der Waals surface area (Å²) >= 11 is 0. The van der Waals surface area contributed by atoms with Gasteiger partial charge in [0.15, 0.2) is 0 Å². The van der Waals surface area contributed by atoms with Gasteiger partial charge >= 0.3 is 0 Å². The normalized spacial score (nSPS) is 10.5. The molecule has 1 amide bonds. The summed E-state index contributed by atoms with van der Waals surface area (Å²) in [6.45, 7) is 5.61. The molecule has 1 aromatic heterocycles. The van der Waals surface area contributed by atoms with Crippen LogP contribution >= 0.6 is 0 Å².